The van der Waals surface area contributed by atoms with Gasteiger partial charge in [-0.05, 0) is 36.9 Å². The van der Waals surface area contributed by atoms with E-state index in [4.69, 9.17) is 4.74 Å². The monoisotopic (exact) mass is 450 g/mol. The van der Waals surface area contributed by atoms with Crippen molar-refractivity contribution in [1.29, 1.82) is 0 Å². The number of benzene rings is 2. The number of ether oxygens (including phenoxy) is 1. The molecular formula is C24H26N4O3S. The SMILES string of the molecule is CCCCOc1ccccc1C1N(C(=O)CC)c2ccccc2-c2c([O-])nc(SC)n[n+]21. The second-order valence-corrected chi connectivity index (χ2v) is 8.22. The average molecular weight is 451 g/mol. The highest BCUT2D eigenvalue weighted by atomic mass is 32.2. The Hall–Kier alpha value is -3.13. The van der Waals surface area contributed by atoms with Gasteiger partial charge in [-0.2, -0.15) is 0 Å². The van der Waals surface area contributed by atoms with Crippen LogP contribution < -0.4 is 19.4 Å². The first kappa shape index (κ1) is 22.1. The Balaban J connectivity index is 1.99. The molecule has 4 rings (SSSR count). The number of carbonyl (C=O) groups excluding carboxylic acids is 1. The molecule has 0 aliphatic carbocycles. The Labute approximate surface area is 192 Å². The number of fused-ring (bicyclic) bond motifs is 3. The highest BCUT2D eigenvalue weighted by Gasteiger charge is 2.45. The third-order valence-corrected chi connectivity index (χ3v) is 5.96. The number of carbonyl (C=O) groups is 1. The summed E-state index contributed by atoms with van der Waals surface area (Å²) in [5, 5.41) is 18.1. The number of hydrogen-bond acceptors (Lipinski definition) is 6. The van der Waals surface area contributed by atoms with E-state index in [1.54, 1.807) is 9.58 Å². The molecule has 1 aliphatic heterocycles. The van der Waals surface area contributed by atoms with E-state index in [1.165, 1.54) is 11.8 Å². The number of hydrogen-bond donors (Lipinski definition) is 0. The van der Waals surface area contributed by atoms with Crippen molar-refractivity contribution in [3.8, 4) is 22.9 Å². The van der Waals surface area contributed by atoms with Gasteiger partial charge >= 0.3 is 0 Å². The van der Waals surface area contributed by atoms with Gasteiger partial charge < -0.3 is 9.84 Å². The van der Waals surface area contributed by atoms with Crippen molar-refractivity contribution >= 4 is 23.4 Å². The Kier molecular flexibility index (Phi) is 6.60. The predicted octanol–water partition coefficient (Wildman–Crippen LogP) is 3.71. The van der Waals surface area contributed by atoms with Crippen LogP contribution in [0.25, 0.3) is 11.3 Å². The highest BCUT2D eigenvalue weighted by molar-refractivity contribution is 7.98. The fourth-order valence-electron chi connectivity index (χ4n) is 3.89. The van der Waals surface area contributed by atoms with E-state index < -0.39 is 6.17 Å². The molecule has 0 fully saturated rings. The lowest BCUT2D eigenvalue weighted by molar-refractivity contribution is -0.764. The zero-order valence-corrected chi connectivity index (χ0v) is 19.3. The molecule has 0 spiro atoms. The highest BCUT2D eigenvalue weighted by Crippen LogP contribution is 2.42. The molecule has 2 aromatic carbocycles. The number of thioether (sulfide) groups is 1. The van der Waals surface area contributed by atoms with Crippen molar-refractivity contribution in [2.75, 3.05) is 17.8 Å². The largest absolute Gasteiger partial charge is 0.854 e. The normalized spacial score (nSPS) is 14.6. The summed E-state index contributed by atoms with van der Waals surface area (Å²) in [4.78, 5) is 19.1. The molecule has 8 heteroatoms. The van der Waals surface area contributed by atoms with Crippen LogP contribution in [0.2, 0.25) is 0 Å². The van der Waals surface area contributed by atoms with Crippen LogP contribution in [-0.2, 0) is 4.79 Å². The first-order valence-electron chi connectivity index (χ1n) is 10.8. The molecule has 0 N–H and O–H groups in total. The van der Waals surface area contributed by atoms with Crippen molar-refractivity contribution in [1.82, 2.24) is 10.1 Å². The van der Waals surface area contributed by atoms with E-state index in [9.17, 15) is 9.90 Å². The second-order valence-electron chi connectivity index (χ2n) is 7.44. The van der Waals surface area contributed by atoms with Gasteiger partial charge in [-0.15, -0.1) is 0 Å². The second kappa shape index (κ2) is 9.56. The topological polar surface area (TPSA) is 82.3 Å². The number of rotatable bonds is 7. The summed E-state index contributed by atoms with van der Waals surface area (Å²) in [5.74, 6) is 0.241. The zero-order valence-electron chi connectivity index (χ0n) is 18.4. The van der Waals surface area contributed by atoms with Crippen molar-refractivity contribution in [3.63, 3.8) is 0 Å². The van der Waals surface area contributed by atoms with Gasteiger partial charge in [0.25, 0.3) is 17.0 Å². The van der Waals surface area contributed by atoms with Gasteiger partial charge in [0.2, 0.25) is 5.91 Å². The molecule has 1 amide bonds. The molecule has 2 heterocycles. The van der Waals surface area contributed by atoms with Crippen LogP contribution in [0.1, 0.15) is 44.8 Å². The lowest BCUT2D eigenvalue weighted by Gasteiger charge is -2.33. The average Bonchev–Trinajstić information content (AvgIpc) is 2.82. The van der Waals surface area contributed by atoms with Gasteiger partial charge in [-0.3, -0.25) is 4.79 Å². The molecule has 0 saturated heterocycles. The Morgan fingerprint density at radius 3 is 2.69 bits per heavy atom. The van der Waals surface area contributed by atoms with Gasteiger partial charge in [0.1, 0.15) is 5.75 Å². The van der Waals surface area contributed by atoms with E-state index in [2.05, 4.69) is 17.0 Å². The van der Waals surface area contributed by atoms with Crippen LogP contribution in [-0.4, -0.2) is 28.9 Å². The summed E-state index contributed by atoms with van der Waals surface area (Å²) in [6, 6.07) is 15.1. The van der Waals surface area contributed by atoms with E-state index >= 15 is 0 Å². The van der Waals surface area contributed by atoms with Crippen molar-refractivity contribution < 1.29 is 19.3 Å². The number of nitrogens with zero attached hydrogens (tertiary/aromatic N) is 4. The molecule has 0 bridgehead atoms. The summed E-state index contributed by atoms with van der Waals surface area (Å²) in [7, 11) is 0. The Morgan fingerprint density at radius 2 is 1.94 bits per heavy atom. The van der Waals surface area contributed by atoms with E-state index in [1.807, 2.05) is 61.7 Å². The standard InChI is InChI=1S/C24H26N4O3S/c1-4-6-15-31-19-14-10-8-12-17(19)23-27(20(29)5-2)18-13-9-7-11-16(18)21-22(30)25-24(32-3)26-28(21)23/h7-14,23H,4-6,15H2,1-3H3. The molecule has 0 saturated carbocycles. The summed E-state index contributed by atoms with van der Waals surface area (Å²) in [6.07, 6.45) is 3.41. The number of unbranched alkanes of at least 4 members (excludes halogenated alkanes) is 1. The minimum Gasteiger partial charge on any atom is -0.854 e. The smallest absolute Gasteiger partial charge is 0.296 e. The Morgan fingerprint density at radius 1 is 1.19 bits per heavy atom. The third-order valence-electron chi connectivity index (χ3n) is 5.42. The molecule has 3 aromatic rings. The fraction of sp³-hybridized carbons (Fsp3) is 0.333. The van der Waals surface area contributed by atoms with Gasteiger partial charge in [0.15, 0.2) is 0 Å². The number of amides is 1. The van der Waals surface area contributed by atoms with Gasteiger partial charge in [0.05, 0.1) is 29.3 Å². The number of para-hydroxylation sites is 2. The molecule has 1 atom stereocenters. The maximum Gasteiger partial charge on any atom is 0.296 e. The van der Waals surface area contributed by atoms with Crippen molar-refractivity contribution in [2.24, 2.45) is 0 Å². The maximum atomic E-state index is 13.3. The maximum absolute atomic E-state index is 13.3. The van der Waals surface area contributed by atoms with Crippen LogP contribution >= 0.6 is 11.8 Å². The quantitative estimate of drug-likeness (QED) is 0.310. The molecule has 1 unspecified atom stereocenters. The minimum atomic E-state index is -0.660. The zero-order chi connectivity index (χ0) is 22.7. The van der Waals surface area contributed by atoms with Gasteiger partial charge in [-0.25, -0.2) is 9.88 Å². The van der Waals surface area contributed by atoms with E-state index in [0.29, 0.717) is 40.9 Å². The number of anilines is 1. The first-order valence-corrected chi connectivity index (χ1v) is 12.0. The molecular weight excluding hydrogens is 424 g/mol. The minimum absolute atomic E-state index is 0.0688. The summed E-state index contributed by atoms with van der Waals surface area (Å²) in [5.41, 5.74) is 2.46. The van der Waals surface area contributed by atoms with Gasteiger partial charge in [0, 0.05) is 11.5 Å². The van der Waals surface area contributed by atoms with Crippen LogP contribution in [0.15, 0.2) is 53.7 Å². The van der Waals surface area contributed by atoms with Crippen LogP contribution in [0.3, 0.4) is 0 Å². The van der Waals surface area contributed by atoms with E-state index in [0.717, 1.165) is 18.4 Å². The molecule has 32 heavy (non-hydrogen) atoms. The summed E-state index contributed by atoms with van der Waals surface area (Å²) < 4.78 is 7.74. The summed E-state index contributed by atoms with van der Waals surface area (Å²) >= 11 is 1.29. The fourth-order valence-corrected chi connectivity index (χ4v) is 4.24. The van der Waals surface area contributed by atoms with Gasteiger partial charge in [-0.1, -0.05) is 61.0 Å². The lowest BCUT2D eigenvalue weighted by Crippen LogP contribution is -2.59. The van der Waals surface area contributed by atoms with Crippen molar-refractivity contribution in [3.05, 3.63) is 54.1 Å². The lowest BCUT2D eigenvalue weighted by atomic mass is 10.0. The molecule has 7 nitrogen and oxygen atoms in total. The van der Waals surface area contributed by atoms with E-state index in [-0.39, 0.29) is 11.8 Å². The Bertz CT molecular complexity index is 1140. The number of aromatic nitrogens is 3. The predicted molar refractivity (Wildman–Crippen MR) is 122 cm³/mol. The van der Waals surface area contributed by atoms with Crippen LogP contribution in [0.4, 0.5) is 5.69 Å². The van der Waals surface area contributed by atoms with Crippen LogP contribution in [0, 0.1) is 0 Å². The first-order chi connectivity index (χ1) is 15.6. The third kappa shape index (κ3) is 3.90. The molecule has 166 valence electrons. The molecule has 1 aliphatic rings. The summed E-state index contributed by atoms with van der Waals surface area (Å²) in [6.45, 7) is 4.51. The van der Waals surface area contributed by atoms with Crippen LogP contribution in [0.5, 0.6) is 11.6 Å². The van der Waals surface area contributed by atoms with Crippen molar-refractivity contribution in [2.45, 2.75) is 44.4 Å². The molecule has 0 radical (unpaired) electrons. The molecule has 1 aromatic heterocycles.